The maximum Gasteiger partial charge on any atom is -0.000814 e. The molecule has 0 heterocycles. The van der Waals surface area contributed by atoms with Crippen LogP contribution in [0.2, 0.25) is 0 Å². The molecule has 3 N–H and O–H groups in total. The first-order valence-corrected chi connectivity index (χ1v) is 6.55. The van der Waals surface area contributed by atoms with Crippen molar-refractivity contribution in [3.63, 3.8) is 0 Å². The molecule has 0 aliphatic heterocycles. The highest BCUT2D eigenvalue weighted by atomic mass is 14.8. The van der Waals surface area contributed by atoms with Crippen LogP contribution < -0.4 is 11.1 Å². The fourth-order valence-electron chi connectivity index (χ4n) is 2.24. The number of hydrogen-bond donors (Lipinski definition) is 2. The molecule has 0 fully saturated rings. The van der Waals surface area contributed by atoms with E-state index in [-0.39, 0.29) is 0 Å². The van der Waals surface area contributed by atoms with E-state index in [0.29, 0.717) is 0 Å². The van der Waals surface area contributed by atoms with Crippen LogP contribution in [0.15, 0.2) is 6.07 Å². The van der Waals surface area contributed by atoms with E-state index in [4.69, 9.17) is 5.73 Å². The monoisotopic (exact) mass is 234 g/mol. The zero-order valence-electron chi connectivity index (χ0n) is 11.7. The minimum absolute atomic E-state index is 0.772. The highest BCUT2D eigenvalue weighted by Gasteiger charge is 2.07. The maximum atomic E-state index is 5.47. The molecule has 0 atom stereocenters. The van der Waals surface area contributed by atoms with Crippen LogP contribution in [-0.4, -0.2) is 19.6 Å². The van der Waals surface area contributed by atoms with E-state index in [1.165, 1.54) is 27.8 Å². The van der Waals surface area contributed by atoms with Crippen LogP contribution in [0.1, 0.15) is 34.2 Å². The Morgan fingerprint density at radius 3 is 2.12 bits per heavy atom. The average Bonchev–Trinajstić information content (AvgIpc) is 2.30. The summed E-state index contributed by atoms with van der Waals surface area (Å²) in [6.07, 6.45) is 2.18. The number of aryl methyl sites for hydroxylation is 2. The molecule has 0 saturated carbocycles. The number of nitrogens with one attached hydrogen (secondary N) is 1. The molecule has 0 radical (unpaired) electrons. The second-order valence-corrected chi connectivity index (χ2v) is 4.88. The van der Waals surface area contributed by atoms with Gasteiger partial charge in [-0.1, -0.05) is 6.07 Å². The van der Waals surface area contributed by atoms with Gasteiger partial charge in [0.1, 0.15) is 0 Å². The number of hydrogen-bond acceptors (Lipinski definition) is 2. The van der Waals surface area contributed by atoms with Crippen molar-refractivity contribution in [1.82, 2.24) is 5.32 Å². The Morgan fingerprint density at radius 1 is 1.00 bits per heavy atom. The Kier molecular flexibility index (Phi) is 5.66. The van der Waals surface area contributed by atoms with E-state index in [0.717, 1.165) is 32.5 Å². The van der Waals surface area contributed by atoms with E-state index in [2.05, 4.69) is 39.1 Å². The first-order chi connectivity index (χ1) is 8.07. The van der Waals surface area contributed by atoms with Crippen LogP contribution in [0, 0.1) is 27.7 Å². The zero-order valence-corrected chi connectivity index (χ0v) is 11.7. The van der Waals surface area contributed by atoms with Crippen LogP contribution >= 0.6 is 0 Å². The normalized spacial score (nSPS) is 10.9. The molecule has 0 saturated heterocycles. The predicted molar refractivity (Wildman–Crippen MR) is 75.6 cm³/mol. The van der Waals surface area contributed by atoms with Gasteiger partial charge in [0.05, 0.1) is 0 Å². The average molecular weight is 234 g/mol. The summed E-state index contributed by atoms with van der Waals surface area (Å²) in [6.45, 7) is 11.7. The van der Waals surface area contributed by atoms with Crippen LogP contribution in [0.5, 0.6) is 0 Å². The van der Waals surface area contributed by atoms with Gasteiger partial charge in [0, 0.05) is 0 Å². The molecular formula is C15H26N2. The second-order valence-electron chi connectivity index (χ2n) is 4.88. The third kappa shape index (κ3) is 3.83. The number of rotatable bonds is 6. The van der Waals surface area contributed by atoms with Crippen molar-refractivity contribution in [2.24, 2.45) is 5.73 Å². The van der Waals surface area contributed by atoms with Gasteiger partial charge in [-0.05, 0) is 88.0 Å². The molecule has 0 aliphatic carbocycles. The fourth-order valence-corrected chi connectivity index (χ4v) is 2.24. The van der Waals surface area contributed by atoms with Crippen LogP contribution in [0.3, 0.4) is 0 Å². The SMILES string of the molecule is Cc1cc(C)c(C)c(CCNCCCN)c1C. The molecule has 0 bridgehead atoms. The smallest absolute Gasteiger partial charge is 0.000814 e. The number of benzene rings is 1. The van der Waals surface area contributed by atoms with Crippen molar-refractivity contribution in [2.75, 3.05) is 19.6 Å². The zero-order chi connectivity index (χ0) is 12.8. The molecule has 1 aromatic rings. The first kappa shape index (κ1) is 14.2. The minimum Gasteiger partial charge on any atom is -0.330 e. The molecule has 1 rings (SSSR count). The summed E-state index contributed by atoms with van der Waals surface area (Å²) >= 11 is 0. The molecule has 0 unspecified atom stereocenters. The van der Waals surface area contributed by atoms with Gasteiger partial charge in [-0.2, -0.15) is 0 Å². The lowest BCUT2D eigenvalue weighted by molar-refractivity contribution is 0.651. The van der Waals surface area contributed by atoms with Crippen LogP contribution in [0.25, 0.3) is 0 Å². The molecule has 96 valence electrons. The van der Waals surface area contributed by atoms with Crippen molar-refractivity contribution in [3.8, 4) is 0 Å². The van der Waals surface area contributed by atoms with Crippen LogP contribution in [-0.2, 0) is 6.42 Å². The van der Waals surface area contributed by atoms with Gasteiger partial charge < -0.3 is 11.1 Å². The van der Waals surface area contributed by atoms with E-state index < -0.39 is 0 Å². The van der Waals surface area contributed by atoms with Crippen molar-refractivity contribution < 1.29 is 0 Å². The van der Waals surface area contributed by atoms with Crippen molar-refractivity contribution in [2.45, 2.75) is 40.5 Å². The summed E-state index contributed by atoms with van der Waals surface area (Å²) in [4.78, 5) is 0. The second kappa shape index (κ2) is 6.77. The Hall–Kier alpha value is -0.860. The molecule has 0 aromatic heterocycles. The van der Waals surface area contributed by atoms with E-state index >= 15 is 0 Å². The van der Waals surface area contributed by atoms with Crippen molar-refractivity contribution in [1.29, 1.82) is 0 Å². The molecule has 0 amide bonds. The predicted octanol–water partition coefficient (Wildman–Crippen LogP) is 2.40. The van der Waals surface area contributed by atoms with Crippen molar-refractivity contribution >= 4 is 0 Å². The quantitative estimate of drug-likeness (QED) is 0.742. The fraction of sp³-hybridized carbons (Fsp3) is 0.600. The standard InChI is InChI=1S/C15H26N2/c1-11-10-12(2)14(4)15(13(11)3)6-9-17-8-5-7-16/h10,17H,5-9,16H2,1-4H3. The minimum atomic E-state index is 0.772. The highest BCUT2D eigenvalue weighted by molar-refractivity contribution is 5.44. The Bertz CT molecular complexity index is 343. The van der Waals surface area contributed by atoms with Crippen LogP contribution in [0.4, 0.5) is 0 Å². The third-order valence-corrected chi connectivity index (χ3v) is 3.63. The van der Waals surface area contributed by atoms with Gasteiger partial charge in [0.15, 0.2) is 0 Å². The van der Waals surface area contributed by atoms with E-state index in [1.807, 2.05) is 0 Å². The first-order valence-electron chi connectivity index (χ1n) is 6.55. The van der Waals surface area contributed by atoms with Gasteiger partial charge >= 0.3 is 0 Å². The lowest BCUT2D eigenvalue weighted by atomic mass is 9.92. The van der Waals surface area contributed by atoms with Crippen molar-refractivity contribution in [3.05, 3.63) is 33.9 Å². The highest BCUT2D eigenvalue weighted by Crippen LogP contribution is 2.21. The molecule has 17 heavy (non-hydrogen) atoms. The molecule has 2 nitrogen and oxygen atoms in total. The molecule has 2 heteroatoms. The lowest BCUT2D eigenvalue weighted by Gasteiger charge is -2.15. The Morgan fingerprint density at radius 2 is 1.59 bits per heavy atom. The Balaban J connectivity index is 2.64. The summed E-state index contributed by atoms with van der Waals surface area (Å²) in [5.74, 6) is 0. The Labute approximate surface area is 106 Å². The summed E-state index contributed by atoms with van der Waals surface area (Å²) in [6, 6.07) is 2.29. The summed E-state index contributed by atoms with van der Waals surface area (Å²) in [5, 5.41) is 3.45. The van der Waals surface area contributed by atoms with Gasteiger partial charge in [0.25, 0.3) is 0 Å². The molecule has 0 spiro atoms. The van der Waals surface area contributed by atoms with Gasteiger partial charge in [0.2, 0.25) is 0 Å². The summed E-state index contributed by atoms with van der Waals surface area (Å²) < 4.78 is 0. The third-order valence-electron chi connectivity index (χ3n) is 3.63. The van der Waals surface area contributed by atoms with E-state index in [9.17, 15) is 0 Å². The van der Waals surface area contributed by atoms with Gasteiger partial charge in [-0.25, -0.2) is 0 Å². The van der Waals surface area contributed by atoms with E-state index in [1.54, 1.807) is 0 Å². The number of nitrogens with two attached hydrogens (primary N) is 1. The molecular weight excluding hydrogens is 208 g/mol. The lowest BCUT2D eigenvalue weighted by Crippen LogP contribution is -2.21. The largest absolute Gasteiger partial charge is 0.330 e. The van der Waals surface area contributed by atoms with Gasteiger partial charge in [-0.15, -0.1) is 0 Å². The maximum absolute atomic E-state index is 5.47. The topological polar surface area (TPSA) is 38.0 Å². The molecule has 1 aromatic carbocycles. The summed E-state index contributed by atoms with van der Waals surface area (Å²) in [7, 11) is 0. The summed E-state index contributed by atoms with van der Waals surface area (Å²) in [5.41, 5.74) is 12.7. The molecule has 0 aliphatic rings. The van der Waals surface area contributed by atoms with Gasteiger partial charge in [-0.3, -0.25) is 0 Å².